The highest BCUT2D eigenvalue weighted by Crippen LogP contribution is 2.32. The highest BCUT2D eigenvalue weighted by molar-refractivity contribution is 7.98. The minimum Gasteiger partial charge on any atom is -0.497 e. The lowest BCUT2D eigenvalue weighted by molar-refractivity contribution is -0.147. The van der Waals surface area contributed by atoms with Gasteiger partial charge >= 0.3 is 0 Å². The molecule has 5 heterocycles. The Bertz CT molecular complexity index is 4040. The molecule has 9 rings (SSSR count). The zero-order chi connectivity index (χ0) is 73.7. The number of hydrogen-bond acceptors (Lipinski definition) is 15. The van der Waals surface area contributed by atoms with Crippen molar-refractivity contribution >= 4 is 104 Å². The Hall–Kier alpha value is -9.32. The molecule has 2 saturated heterocycles. The van der Waals surface area contributed by atoms with Gasteiger partial charge in [0.2, 0.25) is 59.1 Å². The van der Waals surface area contributed by atoms with E-state index < -0.39 is 131 Å². The first kappa shape index (κ1) is 77.8. The molecule has 25 nitrogen and oxygen atoms in total. The fourth-order valence-electron chi connectivity index (χ4n) is 13.1. The number of primary amides is 1. The number of carbonyl (C=O) groups excluding carboxylic acids is 10. The van der Waals surface area contributed by atoms with Gasteiger partial charge in [-0.3, -0.25) is 47.9 Å². The Labute approximate surface area is 605 Å². The monoisotopic (exact) mass is 1460 g/mol. The largest absolute Gasteiger partial charge is 0.497 e. The summed E-state index contributed by atoms with van der Waals surface area (Å²) in [5.74, 6) is -6.56. The van der Waals surface area contributed by atoms with Crippen LogP contribution in [0.5, 0.6) is 5.75 Å². The number of hydrogen-bond donors (Lipinski definition) is 11. The summed E-state index contributed by atoms with van der Waals surface area (Å²) in [6.07, 6.45) is 8.74. The number of amides is 10. The van der Waals surface area contributed by atoms with Gasteiger partial charge < -0.3 is 77.9 Å². The zero-order valence-corrected chi connectivity index (χ0v) is 60.0. The Kier molecular flexibility index (Phi) is 28.1. The number of allylic oxidation sites excluding steroid dienone is 1. The first-order valence-electron chi connectivity index (χ1n) is 34.9. The number of rotatable bonds is 17. The number of aromatic amines is 2. The summed E-state index contributed by atoms with van der Waals surface area (Å²) < 4.78 is 41.8. The molecule has 0 aliphatic carbocycles. The minimum atomic E-state index is -1.58. The third kappa shape index (κ3) is 21.2. The van der Waals surface area contributed by atoms with E-state index in [2.05, 4.69) is 47.2 Å². The second-order valence-electron chi connectivity index (χ2n) is 26.5. The predicted octanol–water partition coefficient (Wildman–Crippen LogP) is 4.92. The average Bonchev–Trinajstić information content (AvgIpc) is 1.68. The number of benzene rings is 4. The molecule has 2 fully saturated rings. The van der Waals surface area contributed by atoms with E-state index in [1.165, 1.54) is 83.8 Å². The van der Waals surface area contributed by atoms with Gasteiger partial charge in [-0.15, -0.1) is 0 Å². The van der Waals surface area contributed by atoms with E-state index in [1.54, 1.807) is 43.6 Å². The molecule has 6 aromatic rings. The Morgan fingerprint density at radius 3 is 2.01 bits per heavy atom. The molecule has 0 spiro atoms. The SMILES string of the molecule is CCC/C=C\CO[C@H]1C[C@H]2C(=O)NCC(=O)N[C@@H](Cc3ccc(OC)cc3)C(=O)N3CCC[C@@]3(C)C(=O)N[C@H](C(N)=O)CSCc3cccc(c3)CSCCC(=O)N[C@@H](CCCCN)C(=O)N[C@H](C)C(=O)N[C@@H](Cc3c[nH]c4ccc(F)cc34)C(=O)N[C@@H](Cc3c[nH]c4ccc(F)cc34)C(=O)N2C1. The molecule has 0 saturated carbocycles. The standard InChI is InChI=1S/C74H93F2N13O12S2/c1-5-6-7-10-28-101-53-36-63-70(96)81-39-65(91)84-60(31-45-16-20-52(100-4)21-17-45)72(98)89-27-12-25-74(89,3)73(99)87-62(66(78)92)43-103-42-47-14-11-13-46(30-47)41-102-29-24-64(90)83-58(15-8-9-26-77)68(94)82-44(2)67(93)85-59(32-48-37-79-56-22-18-50(75)34-54(48)56)69(95)86-61(71(97)88(63)40-53)33-49-38-80-57-23-19-51(76)35-55(49)57/h7,10-11,13-14,16-23,30,34-35,37-38,44,53,58-63,79-80H,5-6,8-9,12,15,24-29,31-33,36,39-43,77H2,1-4H3,(H2,78,92)(H,81,96)(H,82,94)(H,83,90)(H,84,91)(H,85,93)(H,86,95)(H,87,99)/b10-7-/t44-,53+,58+,59+,60+,61+,62+,63+,74+/m1/s1. The molecule has 3 aliphatic rings. The van der Waals surface area contributed by atoms with E-state index in [4.69, 9.17) is 20.9 Å². The Morgan fingerprint density at radius 2 is 1.35 bits per heavy atom. The minimum absolute atomic E-state index is 0.0366. The smallest absolute Gasteiger partial charge is 0.246 e. The van der Waals surface area contributed by atoms with E-state index in [9.17, 15) is 38.0 Å². The van der Waals surface area contributed by atoms with Crippen molar-refractivity contribution in [1.29, 1.82) is 0 Å². The number of halogens is 2. The molecule has 29 heteroatoms. The molecule has 2 bridgehead atoms. The summed E-state index contributed by atoms with van der Waals surface area (Å²) in [6, 6.07) is 13.2. The fourth-order valence-corrected chi connectivity index (χ4v) is 15.0. The number of unbranched alkanes of at least 4 members (excludes halogenated alkanes) is 2. The van der Waals surface area contributed by atoms with Crippen LogP contribution < -0.4 is 53.4 Å². The molecule has 0 radical (unpaired) electrons. The van der Waals surface area contributed by atoms with Crippen molar-refractivity contribution in [2.45, 2.75) is 163 Å². The summed E-state index contributed by atoms with van der Waals surface area (Å²) in [5, 5.41) is 20.2. The van der Waals surface area contributed by atoms with Gasteiger partial charge in [-0.1, -0.05) is 61.9 Å². The third-order valence-corrected chi connectivity index (χ3v) is 20.9. The molecule has 2 aromatic heterocycles. The number of nitrogens with zero attached hydrogens (tertiary/aromatic N) is 2. The lowest BCUT2D eigenvalue weighted by Crippen LogP contribution is -2.62. The maximum atomic E-state index is 15.8. The third-order valence-electron chi connectivity index (χ3n) is 18.8. The van der Waals surface area contributed by atoms with Gasteiger partial charge in [0.05, 0.1) is 26.4 Å². The van der Waals surface area contributed by atoms with Gasteiger partial charge in [0.15, 0.2) is 0 Å². The van der Waals surface area contributed by atoms with Crippen molar-refractivity contribution in [3.05, 3.63) is 149 Å². The number of methoxy groups -OCH3 is 1. The average molecular weight is 1460 g/mol. The summed E-state index contributed by atoms with van der Waals surface area (Å²) in [4.78, 5) is 154. The molecule has 9 atom stereocenters. The van der Waals surface area contributed by atoms with Crippen molar-refractivity contribution in [3.8, 4) is 5.75 Å². The van der Waals surface area contributed by atoms with Crippen LogP contribution in [0.4, 0.5) is 8.78 Å². The molecule has 0 unspecified atom stereocenters. The quantitative estimate of drug-likeness (QED) is 0.0427. The van der Waals surface area contributed by atoms with Crippen LogP contribution in [0.25, 0.3) is 21.8 Å². The highest BCUT2D eigenvalue weighted by atomic mass is 32.2. The van der Waals surface area contributed by atoms with Crippen molar-refractivity contribution in [1.82, 2.24) is 57.0 Å². The van der Waals surface area contributed by atoms with Crippen LogP contribution in [0.15, 0.2) is 109 Å². The van der Waals surface area contributed by atoms with Gasteiger partial charge in [0, 0.05) is 102 Å². The van der Waals surface area contributed by atoms with Crippen molar-refractivity contribution in [2.24, 2.45) is 11.5 Å². The van der Waals surface area contributed by atoms with Gasteiger partial charge in [-0.2, -0.15) is 23.5 Å². The molecule has 13 N–H and O–H groups in total. The van der Waals surface area contributed by atoms with Gasteiger partial charge in [-0.05, 0) is 135 Å². The lowest BCUT2D eigenvalue weighted by Gasteiger charge is -2.37. The van der Waals surface area contributed by atoms with E-state index in [-0.39, 0.29) is 70.4 Å². The van der Waals surface area contributed by atoms with E-state index in [0.29, 0.717) is 87.3 Å². The second kappa shape index (κ2) is 37.2. The molecular weight excluding hydrogens is 1370 g/mol. The van der Waals surface area contributed by atoms with Crippen molar-refractivity contribution < 1.29 is 66.2 Å². The van der Waals surface area contributed by atoms with E-state index in [0.717, 1.165) is 24.0 Å². The van der Waals surface area contributed by atoms with E-state index >= 15 is 18.8 Å². The van der Waals surface area contributed by atoms with Crippen molar-refractivity contribution in [3.63, 3.8) is 0 Å². The molecular formula is C74H93F2N13O12S2. The number of H-pyrrole nitrogens is 2. The maximum absolute atomic E-state index is 15.8. The number of aromatic nitrogens is 2. The predicted molar refractivity (Wildman–Crippen MR) is 390 cm³/mol. The summed E-state index contributed by atoms with van der Waals surface area (Å²) in [5.41, 5.74) is 14.5. The Morgan fingerprint density at radius 1 is 0.709 bits per heavy atom. The van der Waals surface area contributed by atoms with Gasteiger partial charge in [-0.25, -0.2) is 8.78 Å². The molecule has 4 aromatic carbocycles. The summed E-state index contributed by atoms with van der Waals surface area (Å²) in [6.45, 7) is 4.63. The van der Waals surface area contributed by atoms with Crippen LogP contribution in [0.2, 0.25) is 0 Å². The molecule has 552 valence electrons. The summed E-state index contributed by atoms with van der Waals surface area (Å²) in [7, 11) is 1.50. The van der Waals surface area contributed by atoms with Crippen LogP contribution in [0, 0.1) is 11.6 Å². The van der Waals surface area contributed by atoms with Gasteiger partial charge in [0.25, 0.3) is 0 Å². The van der Waals surface area contributed by atoms with E-state index in [1.807, 2.05) is 43.3 Å². The number of thioether (sulfide) groups is 2. The first-order chi connectivity index (χ1) is 49.5. The number of carbonyl (C=O) groups is 10. The fraction of sp³-hybridized carbons (Fsp3) is 0.459. The summed E-state index contributed by atoms with van der Waals surface area (Å²) >= 11 is 2.86. The second-order valence-corrected chi connectivity index (χ2v) is 28.6. The maximum Gasteiger partial charge on any atom is 0.246 e. The van der Waals surface area contributed by atoms with Crippen LogP contribution in [-0.2, 0) is 83.5 Å². The van der Waals surface area contributed by atoms with Crippen LogP contribution in [0.3, 0.4) is 0 Å². The number of nitrogens with two attached hydrogens (primary N) is 2. The lowest BCUT2D eigenvalue weighted by atomic mass is 9.95. The van der Waals surface area contributed by atoms with Gasteiger partial charge in [0.1, 0.15) is 65.2 Å². The molecule has 103 heavy (non-hydrogen) atoms. The van der Waals surface area contributed by atoms with Crippen molar-refractivity contribution in [2.75, 3.05) is 51.4 Å². The topological polar surface area (TPSA) is 363 Å². The molecule has 10 amide bonds. The normalized spacial score (nSPS) is 24.0. The number of nitrogens with one attached hydrogen (secondary N) is 9. The van der Waals surface area contributed by atoms with Crippen LogP contribution >= 0.6 is 23.5 Å². The zero-order valence-electron chi connectivity index (χ0n) is 58.4. The van der Waals surface area contributed by atoms with Crippen LogP contribution in [0.1, 0.15) is 106 Å². The number of fused-ring (bicyclic) bond motifs is 6. The highest BCUT2D eigenvalue weighted by Gasteiger charge is 2.49. The van der Waals surface area contributed by atoms with Crippen LogP contribution in [-0.4, -0.2) is 184 Å². The molecule has 3 aliphatic heterocycles. The Balaban J connectivity index is 1.05. The first-order valence-corrected chi connectivity index (χ1v) is 37.2. The number of ether oxygens (including phenoxy) is 2.